The van der Waals surface area contributed by atoms with Gasteiger partial charge in [0, 0.05) is 5.02 Å². The number of benzene rings is 1. The standard InChI is InChI=1S/C16H17Cl2N3O5/c1-3-16(2)14(24)21(15(25)20-16)7-13(23)26-8-12(22)19-11-5-4-9(17)6-10(11)18/h4-6H,3,7-8H2,1-2H3,(H,19,22)(H,20,25)/t16-/m1/s1. The van der Waals surface area contributed by atoms with Gasteiger partial charge in [-0.2, -0.15) is 0 Å². The van der Waals surface area contributed by atoms with Crippen molar-refractivity contribution in [2.24, 2.45) is 0 Å². The van der Waals surface area contributed by atoms with Gasteiger partial charge in [0.1, 0.15) is 12.1 Å². The molecule has 0 aliphatic carbocycles. The molecule has 4 amide bonds. The predicted octanol–water partition coefficient (Wildman–Crippen LogP) is 2.20. The Bertz CT molecular complexity index is 770. The van der Waals surface area contributed by atoms with Gasteiger partial charge >= 0.3 is 12.0 Å². The Morgan fingerprint density at radius 1 is 1.31 bits per heavy atom. The molecule has 0 bridgehead atoms. The lowest BCUT2D eigenvalue weighted by Crippen LogP contribution is -2.43. The molecular formula is C16H17Cl2N3O5. The fourth-order valence-electron chi connectivity index (χ4n) is 2.23. The van der Waals surface area contributed by atoms with E-state index < -0.39 is 42.5 Å². The molecule has 1 aliphatic rings. The van der Waals surface area contributed by atoms with Crippen LogP contribution in [0.1, 0.15) is 20.3 Å². The van der Waals surface area contributed by atoms with E-state index in [4.69, 9.17) is 27.9 Å². The molecule has 0 aromatic heterocycles. The van der Waals surface area contributed by atoms with Gasteiger partial charge in [-0.3, -0.25) is 19.3 Å². The van der Waals surface area contributed by atoms with E-state index in [1.165, 1.54) is 18.2 Å². The van der Waals surface area contributed by atoms with Gasteiger partial charge in [0.15, 0.2) is 6.61 Å². The molecular weight excluding hydrogens is 385 g/mol. The van der Waals surface area contributed by atoms with E-state index in [9.17, 15) is 19.2 Å². The summed E-state index contributed by atoms with van der Waals surface area (Å²) in [6, 6.07) is 3.82. The molecule has 1 heterocycles. The van der Waals surface area contributed by atoms with Crippen molar-refractivity contribution in [3.63, 3.8) is 0 Å². The Hall–Kier alpha value is -2.32. The first-order valence-electron chi connectivity index (χ1n) is 7.71. The molecule has 1 aromatic rings. The zero-order valence-electron chi connectivity index (χ0n) is 14.1. The number of nitrogens with one attached hydrogen (secondary N) is 2. The van der Waals surface area contributed by atoms with Crippen LogP contribution in [0, 0.1) is 0 Å². The van der Waals surface area contributed by atoms with Crippen molar-refractivity contribution in [2.75, 3.05) is 18.5 Å². The SMILES string of the molecule is CC[C@@]1(C)NC(=O)N(CC(=O)OCC(=O)Nc2ccc(Cl)cc2Cl)C1=O. The zero-order chi connectivity index (χ0) is 19.5. The lowest BCUT2D eigenvalue weighted by Gasteiger charge is -2.18. The van der Waals surface area contributed by atoms with Crippen LogP contribution in [0.2, 0.25) is 10.0 Å². The van der Waals surface area contributed by atoms with Crippen LogP contribution < -0.4 is 10.6 Å². The molecule has 1 aliphatic heterocycles. The summed E-state index contributed by atoms with van der Waals surface area (Å²) in [4.78, 5) is 48.4. The Morgan fingerprint density at radius 3 is 2.58 bits per heavy atom. The minimum Gasteiger partial charge on any atom is -0.454 e. The van der Waals surface area contributed by atoms with Crippen LogP contribution in [0.25, 0.3) is 0 Å². The molecule has 1 fully saturated rings. The number of carbonyl (C=O) groups is 4. The Labute approximate surface area is 159 Å². The van der Waals surface area contributed by atoms with E-state index in [1.54, 1.807) is 13.8 Å². The van der Waals surface area contributed by atoms with Gasteiger partial charge in [-0.1, -0.05) is 30.1 Å². The van der Waals surface area contributed by atoms with Crippen LogP contribution in [0.4, 0.5) is 10.5 Å². The van der Waals surface area contributed by atoms with Crippen molar-refractivity contribution >= 4 is 52.7 Å². The molecule has 0 saturated carbocycles. The summed E-state index contributed by atoms with van der Waals surface area (Å²) in [5, 5.41) is 5.62. The maximum absolute atomic E-state index is 12.2. The molecule has 8 nitrogen and oxygen atoms in total. The number of carbonyl (C=O) groups excluding carboxylic acids is 4. The minimum absolute atomic E-state index is 0.232. The number of ether oxygens (including phenoxy) is 1. The lowest BCUT2D eigenvalue weighted by atomic mass is 9.99. The van der Waals surface area contributed by atoms with Gasteiger partial charge in [-0.05, 0) is 31.5 Å². The number of hydrogen-bond acceptors (Lipinski definition) is 5. The molecule has 0 radical (unpaired) electrons. The third-order valence-corrected chi connectivity index (χ3v) is 4.46. The first kappa shape index (κ1) is 20.0. The van der Waals surface area contributed by atoms with Crippen molar-refractivity contribution in [3.05, 3.63) is 28.2 Å². The second kappa shape index (κ2) is 7.92. The maximum atomic E-state index is 12.2. The summed E-state index contributed by atoms with van der Waals surface area (Å²) in [6.07, 6.45) is 0.382. The van der Waals surface area contributed by atoms with Crippen molar-refractivity contribution in [1.29, 1.82) is 0 Å². The number of anilines is 1. The molecule has 1 saturated heterocycles. The average molecular weight is 402 g/mol. The van der Waals surface area contributed by atoms with E-state index in [0.29, 0.717) is 17.1 Å². The van der Waals surface area contributed by atoms with Crippen molar-refractivity contribution in [3.8, 4) is 0 Å². The van der Waals surface area contributed by atoms with Gasteiger partial charge in [-0.25, -0.2) is 4.79 Å². The highest BCUT2D eigenvalue weighted by molar-refractivity contribution is 6.36. The normalized spacial score (nSPS) is 19.3. The molecule has 1 atom stereocenters. The molecule has 2 N–H and O–H groups in total. The smallest absolute Gasteiger partial charge is 0.326 e. The van der Waals surface area contributed by atoms with E-state index in [-0.39, 0.29) is 5.02 Å². The number of rotatable bonds is 6. The number of imide groups is 1. The number of urea groups is 1. The first-order valence-corrected chi connectivity index (χ1v) is 8.46. The molecule has 2 rings (SSSR count). The van der Waals surface area contributed by atoms with Crippen LogP contribution in [0.3, 0.4) is 0 Å². The summed E-state index contributed by atoms with van der Waals surface area (Å²) < 4.78 is 4.81. The fraction of sp³-hybridized carbons (Fsp3) is 0.375. The Kier molecular flexibility index (Phi) is 6.09. The van der Waals surface area contributed by atoms with Crippen LogP contribution in [0.5, 0.6) is 0 Å². The van der Waals surface area contributed by atoms with Crippen LogP contribution in [-0.2, 0) is 19.1 Å². The third kappa shape index (κ3) is 4.44. The Balaban J connectivity index is 1.86. The number of nitrogens with zero attached hydrogens (tertiary/aromatic N) is 1. The van der Waals surface area contributed by atoms with Crippen LogP contribution in [-0.4, -0.2) is 47.4 Å². The topological polar surface area (TPSA) is 105 Å². The second-order valence-electron chi connectivity index (χ2n) is 5.84. The molecule has 0 unspecified atom stereocenters. The minimum atomic E-state index is -1.04. The van der Waals surface area contributed by atoms with Gasteiger partial charge in [0.05, 0.1) is 10.7 Å². The zero-order valence-corrected chi connectivity index (χ0v) is 15.6. The molecule has 0 spiro atoms. The highest BCUT2D eigenvalue weighted by Crippen LogP contribution is 2.25. The van der Waals surface area contributed by atoms with E-state index >= 15 is 0 Å². The number of amides is 4. The monoisotopic (exact) mass is 401 g/mol. The van der Waals surface area contributed by atoms with Crippen molar-refractivity contribution in [2.45, 2.75) is 25.8 Å². The van der Waals surface area contributed by atoms with Crippen LogP contribution >= 0.6 is 23.2 Å². The molecule has 26 heavy (non-hydrogen) atoms. The summed E-state index contributed by atoms with van der Waals surface area (Å²) in [5.74, 6) is -2.02. The predicted molar refractivity (Wildman–Crippen MR) is 95.0 cm³/mol. The lowest BCUT2D eigenvalue weighted by molar-refractivity contribution is -0.150. The third-order valence-electron chi connectivity index (χ3n) is 3.91. The number of hydrogen-bond donors (Lipinski definition) is 2. The maximum Gasteiger partial charge on any atom is 0.326 e. The first-order chi connectivity index (χ1) is 12.2. The van der Waals surface area contributed by atoms with E-state index in [2.05, 4.69) is 10.6 Å². The Morgan fingerprint density at radius 2 is 2.00 bits per heavy atom. The summed E-state index contributed by atoms with van der Waals surface area (Å²) in [7, 11) is 0. The van der Waals surface area contributed by atoms with Crippen LogP contribution in [0.15, 0.2) is 18.2 Å². The number of esters is 1. The van der Waals surface area contributed by atoms with E-state index in [0.717, 1.165) is 4.90 Å². The quantitative estimate of drug-likeness (QED) is 0.561. The van der Waals surface area contributed by atoms with Crippen molar-refractivity contribution < 1.29 is 23.9 Å². The molecule has 140 valence electrons. The summed E-state index contributed by atoms with van der Waals surface area (Å²) in [5.41, 5.74) is -0.731. The highest BCUT2D eigenvalue weighted by Gasteiger charge is 2.47. The summed E-state index contributed by atoms with van der Waals surface area (Å²) >= 11 is 11.7. The molecule has 10 heteroatoms. The van der Waals surface area contributed by atoms with Gasteiger partial charge in [-0.15, -0.1) is 0 Å². The number of halogens is 2. The largest absolute Gasteiger partial charge is 0.454 e. The van der Waals surface area contributed by atoms with Gasteiger partial charge in [0.25, 0.3) is 11.8 Å². The van der Waals surface area contributed by atoms with Crippen molar-refractivity contribution in [1.82, 2.24) is 10.2 Å². The second-order valence-corrected chi connectivity index (χ2v) is 6.68. The van der Waals surface area contributed by atoms with Gasteiger partial charge < -0.3 is 15.4 Å². The van der Waals surface area contributed by atoms with E-state index in [1.807, 2.05) is 0 Å². The average Bonchev–Trinajstić information content (AvgIpc) is 2.79. The highest BCUT2D eigenvalue weighted by atomic mass is 35.5. The molecule has 1 aromatic carbocycles. The summed E-state index contributed by atoms with van der Waals surface area (Å²) in [6.45, 7) is 2.15. The fourth-order valence-corrected chi connectivity index (χ4v) is 2.68. The van der Waals surface area contributed by atoms with Gasteiger partial charge in [0.2, 0.25) is 0 Å².